The van der Waals surface area contributed by atoms with Crippen molar-refractivity contribution in [2.75, 3.05) is 0 Å². The van der Waals surface area contributed by atoms with E-state index in [0.29, 0.717) is 0 Å². The van der Waals surface area contributed by atoms with Gasteiger partial charge >= 0.3 is 0 Å². The van der Waals surface area contributed by atoms with Crippen molar-refractivity contribution in [3.05, 3.63) is 22.4 Å². The summed E-state index contributed by atoms with van der Waals surface area (Å²) in [5.74, 6) is 0. The van der Waals surface area contributed by atoms with Gasteiger partial charge in [0.05, 0.1) is 4.88 Å². The first-order chi connectivity index (χ1) is 3.80. The summed E-state index contributed by atoms with van der Waals surface area (Å²) in [7, 11) is 0. The number of carbonyl (C=O) groups is 1. The Labute approximate surface area is 59.5 Å². The number of hydrogen-bond donors (Lipinski definition) is 0. The van der Waals surface area contributed by atoms with Crippen LogP contribution in [-0.2, 0) is 0 Å². The molecule has 3 heteroatoms. The van der Waals surface area contributed by atoms with Gasteiger partial charge in [-0.1, -0.05) is 6.07 Å². The van der Waals surface area contributed by atoms with Crippen molar-refractivity contribution >= 4 is 32.0 Å². The maximum absolute atomic E-state index is 10.4. The van der Waals surface area contributed by atoms with E-state index in [1.54, 1.807) is 6.07 Å². The van der Waals surface area contributed by atoms with Gasteiger partial charge in [-0.25, -0.2) is 0 Å². The van der Waals surface area contributed by atoms with Crippen LogP contribution in [0.25, 0.3) is 0 Å². The van der Waals surface area contributed by atoms with Gasteiger partial charge in [-0.05, 0) is 27.4 Å². The highest BCUT2D eigenvalue weighted by molar-refractivity contribution is 9.18. The average Bonchev–Trinajstić information content (AvgIpc) is 2.12. The molecular weight excluding hydrogens is 188 g/mol. The fraction of sp³-hybridized carbons (Fsp3) is 0. The van der Waals surface area contributed by atoms with Gasteiger partial charge < -0.3 is 0 Å². The van der Waals surface area contributed by atoms with E-state index in [0.717, 1.165) is 4.88 Å². The van der Waals surface area contributed by atoms with E-state index < -0.39 is 0 Å². The second kappa shape index (κ2) is 2.42. The highest BCUT2D eigenvalue weighted by Gasteiger charge is 1.97. The third kappa shape index (κ3) is 1.17. The minimum atomic E-state index is -0.0347. The SMILES string of the molecule is O=C(Br)c1cccs1. The maximum Gasteiger partial charge on any atom is 0.237 e. The van der Waals surface area contributed by atoms with E-state index in [-0.39, 0.29) is 4.69 Å². The molecule has 0 unspecified atom stereocenters. The molecule has 0 bridgehead atoms. The molecule has 0 aliphatic carbocycles. The van der Waals surface area contributed by atoms with Crippen LogP contribution in [0, 0.1) is 0 Å². The lowest BCUT2D eigenvalue weighted by Crippen LogP contribution is -1.77. The van der Waals surface area contributed by atoms with Crippen molar-refractivity contribution in [1.29, 1.82) is 0 Å². The molecule has 0 saturated carbocycles. The smallest absolute Gasteiger partial charge is 0.237 e. The molecule has 0 radical (unpaired) electrons. The van der Waals surface area contributed by atoms with Gasteiger partial charge in [0.15, 0.2) is 0 Å². The van der Waals surface area contributed by atoms with Crippen molar-refractivity contribution < 1.29 is 4.79 Å². The summed E-state index contributed by atoms with van der Waals surface area (Å²) in [4.78, 5) is 11.2. The topological polar surface area (TPSA) is 17.1 Å². The van der Waals surface area contributed by atoms with Gasteiger partial charge in [0.2, 0.25) is 4.69 Å². The molecule has 0 N–H and O–H groups in total. The van der Waals surface area contributed by atoms with Gasteiger partial charge in [0.1, 0.15) is 0 Å². The summed E-state index contributed by atoms with van der Waals surface area (Å²) in [6, 6.07) is 3.63. The van der Waals surface area contributed by atoms with Crippen LogP contribution >= 0.6 is 27.3 Å². The zero-order valence-corrected chi connectivity index (χ0v) is 6.33. The Balaban J connectivity index is 2.93. The first-order valence-corrected chi connectivity index (χ1v) is 3.71. The molecular formula is C5H3BrOS. The van der Waals surface area contributed by atoms with Crippen molar-refractivity contribution in [1.82, 2.24) is 0 Å². The van der Waals surface area contributed by atoms with Crippen LogP contribution in [0.3, 0.4) is 0 Å². The summed E-state index contributed by atoms with van der Waals surface area (Å²) in [5, 5.41) is 1.87. The second-order valence-electron chi connectivity index (χ2n) is 1.25. The van der Waals surface area contributed by atoms with Crippen LogP contribution in [0.15, 0.2) is 17.5 Å². The van der Waals surface area contributed by atoms with Crippen LogP contribution in [-0.4, -0.2) is 4.69 Å². The van der Waals surface area contributed by atoms with Crippen molar-refractivity contribution in [2.45, 2.75) is 0 Å². The number of rotatable bonds is 1. The van der Waals surface area contributed by atoms with Gasteiger partial charge in [-0.15, -0.1) is 11.3 Å². The molecule has 0 aliphatic rings. The van der Waals surface area contributed by atoms with E-state index in [4.69, 9.17) is 0 Å². The Morgan fingerprint density at radius 3 is 2.75 bits per heavy atom. The summed E-state index contributed by atoms with van der Waals surface area (Å²) in [5.41, 5.74) is 0. The predicted molar refractivity (Wildman–Crippen MR) is 37.6 cm³/mol. The first kappa shape index (κ1) is 5.98. The van der Waals surface area contributed by atoms with Gasteiger partial charge in [-0.2, -0.15) is 0 Å². The fourth-order valence-corrected chi connectivity index (χ4v) is 1.36. The standard InChI is InChI=1S/C5H3BrOS/c6-5(7)4-2-1-3-8-4/h1-3H. The van der Waals surface area contributed by atoms with Crippen LogP contribution in [0.2, 0.25) is 0 Å². The lowest BCUT2D eigenvalue weighted by molar-refractivity contribution is 0.109. The van der Waals surface area contributed by atoms with Crippen molar-refractivity contribution in [2.24, 2.45) is 0 Å². The van der Waals surface area contributed by atoms with Crippen molar-refractivity contribution in [3.63, 3.8) is 0 Å². The number of halogens is 1. The second-order valence-corrected chi connectivity index (χ2v) is 2.92. The van der Waals surface area contributed by atoms with E-state index in [1.807, 2.05) is 11.4 Å². The van der Waals surface area contributed by atoms with Gasteiger partial charge in [-0.3, -0.25) is 4.79 Å². The Bertz CT molecular complexity index is 180. The minimum absolute atomic E-state index is 0.0347. The molecule has 0 aromatic carbocycles. The van der Waals surface area contributed by atoms with Crippen LogP contribution < -0.4 is 0 Å². The number of hydrogen-bond acceptors (Lipinski definition) is 2. The maximum atomic E-state index is 10.4. The minimum Gasteiger partial charge on any atom is -0.280 e. The lowest BCUT2D eigenvalue weighted by atomic mass is 10.5. The summed E-state index contributed by atoms with van der Waals surface area (Å²) in [6.07, 6.45) is 0. The quantitative estimate of drug-likeness (QED) is 0.622. The number of thiophene rings is 1. The molecule has 0 atom stereocenters. The predicted octanol–water partition coefficient (Wildman–Crippen LogP) is 2.28. The van der Waals surface area contributed by atoms with Gasteiger partial charge in [0.25, 0.3) is 0 Å². The fourth-order valence-electron chi connectivity index (χ4n) is 0.390. The highest BCUT2D eigenvalue weighted by Crippen LogP contribution is 2.11. The molecule has 1 rings (SSSR count). The third-order valence-corrected chi connectivity index (χ3v) is 2.27. The largest absolute Gasteiger partial charge is 0.280 e. The van der Waals surface area contributed by atoms with Gasteiger partial charge in [0, 0.05) is 0 Å². The van der Waals surface area contributed by atoms with Crippen LogP contribution in [0.1, 0.15) is 9.67 Å². The van der Waals surface area contributed by atoms with E-state index in [1.165, 1.54) is 11.3 Å². The monoisotopic (exact) mass is 190 g/mol. The first-order valence-electron chi connectivity index (χ1n) is 2.04. The molecule has 1 aromatic rings. The molecule has 1 heterocycles. The Kier molecular flexibility index (Phi) is 1.81. The zero-order valence-electron chi connectivity index (χ0n) is 3.93. The summed E-state index contributed by atoms with van der Waals surface area (Å²) >= 11 is 4.27. The lowest BCUT2D eigenvalue weighted by Gasteiger charge is -1.77. The average molecular weight is 191 g/mol. The third-order valence-electron chi connectivity index (χ3n) is 0.715. The Hall–Kier alpha value is -0.150. The molecule has 8 heavy (non-hydrogen) atoms. The zero-order chi connectivity index (χ0) is 5.98. The Morgan fingerprint density at radius 2 is 2.50 bits per heavy atom. The molecule has 1 aromatic heterocycles. The molecule has 42 valence electrons. The summed E-state index contributed by atoms with van der Waals surface area (Å²) < 4.78 is -0.0347. The molecule has 0 fully saturated rings. The molecule has 0 spiro atoms. The van der Waals surface area contributed by atoms with Crippen molar-refractivity contribution in [3.8, 4) is 0 Å². The van der Waals surface area contributed by atoms with E-state index >= 15 is 0 Å². The molecule has 0 aliphatic heterocycles. The van der Waals surface area contributed by atoms with Crippen LogP contribution in [0.5, 0.6) is 0 Å². The molecule has 0 saturated heterocycles. The summed E-state index contributed by atoms with van der Waals surface area (Å²) in [6.45, 7) is 0. The molecule has 1 nitrogen and oxygen atoms in total. The van der Waals surface area contributed by atoms with E-state index in [9.17, 15) is 4.79 Å². The number of carbonyl (C=O) groups excluding carboxylic acids is 1. The Morgan fingerprint density at radius 1 is 1.75 bits per heavy atom. The molecule has 0 amide bonds. The normalized spacial score (nSPS) is 9.12. The van der Waals surface area contributed by atoms with E-state index in [2.05, 4.69) is 15.9 Å². The van der Waals surface area contributed by atoms with Crippen LogP contribution in [0.4, 0.5) is 0 Å². The highest BCUT2D eigenvalue weighted by atomic mass is 79.9.